The van der Waals surface area contributed by atoms with Crippen LogP contribution in [0, 0.1) is 0 Å². The van der Waals surface area contributed by atoms with Gasteiger partial charge < -0.3 is 24.3 Å². The molecule has 9 nitrogen and oxygen atoms in total. The molecule has 0 saturated carbocycles. The molecule has 1 fully saturated rings. The molecule has 2 aromatic rings. The number of nitrogens with one attached hydrogen (secondary N) is 1. The van der Waals surface area contributed by atoms with E-state index in [1.165, 1.54) is 12.0 Å². The van der Waals surface area contributed by atoms with Crippen molar-refractivity contribution in [2.45, 2.75) is 25.9 Å². The Kier molecular flexibility index (Phi) is 8.25. The van der Waals surface area contributed by atoms with Crippen LogP contribution in [0.1, 0.15) is 25.3 Å². The van der Waals surface area contributed by atoms with Crippen LogP contribution in [0.2, 0.25) is 0 Å². The lowest BCUT2D eigenvalue weighted by Gasteiger charge is -2.18. The van der Waals surface area contributed by atoms with Gasteiger partial charge in [0.05, 0.1) is 37.2 Å². The van der Waals surface area contributed by atoms with Crippen LogP contribution in [-0.2, 0) is 23.9 Å². The first-order chi connectivity index (χ1) is 17.9. The van der Waals surface area contributed by atoms with Gasteiger partial charge in [0, 0.05) is 24.9 Å². The molecule has 2 aliphatic rings. The number of hydrogen-bond donors (Lipinski definition) is 1. The van der Waals surface area contributed by atoms with Crippen LogP contribution in [0.3, 0.4) is 0 Å². The van der Waals surface area contributed by atoms with Gasteiger partial charge in [-0.2, -0.15) is 0 Å². The average molecular weight is 507 g/mol. The summed E-state index contributed by atoms with van der Waals surface area (Å²) in [5.41, 5.74) is 2.13. The SMILES string of the molecule is COC(=O)C1=C(C)N(c2cccc(OC)c2)C(=O)/C1=C\c1ccc(OCC(=O)NC[C@H]2CCCO2)cc1. The first-order valence-corrected chi connectivity index (χ1v) is 12.0. The third-order valence-electron chi connectivity index (χ3n) is 6.21. The number of nitrogens with zero attached hydrogens (tertiary/aromatic N) is 1. The Morgan fingerprint density at radius 2 is 1.92 bits per heavy atom. The average Bonchev–Trinajstić information content (AvgIpc) is 3.52. The van der Waals surface area contributed by atoms with E-state index in [1.54, 1.807) is 68.6 Å². The highest BCUT2D eigenvalue weighted by Gasteiger charge is 2.38. The minimum Gasteiger partial charge on any atom is -0.497 e. The molecule has 0 unspecified atom stereocenters. The molecule has 0 aromatic heterocycles. The molecular formula is C28H30N2O7. The number of ether oxygens (including phenoxy) is 4. The number of allylic oxidation sites excluding steroid dienone is 1. The number of hydrogen-bond acceptors (Lipinski definition) is 7. The van der Waals surface area contributed by atoms with Crippen LogP contribution in [0.25, 0.3) is 6.08 Å². The van der Waals surface area contributed by atoms with Gasteiger partial charge in [0.25, 0.3) is 11.8 Å². The summed E-state index contributed by atoms with van der Waals surface area (Å²) in [6, 6.07) is 13.9. The van der Waals surface area contributed by atoms with Crippen LogP contribution < -0.4 is 19.7 Å². The topological polar surface area (TPSA) is 103 Å². The van der Waals surface area contributed by atoms with E-state index < -0.39 is 5.97 Å². The fraction of sp³-hybridized carbons (Fsp3) is 0.321. The van der Waals surface area contributed by atoms with Crippen molar-refractivity contribution in [2.75, 3.05) is 38.9 Å². The summed E-state index contributed by atoms with van der Waals surface area (Å²) < 4.78 is 21.3. The maximum absolute atomic E-state index is 13.4. The number of amides is 2. The van der Waals surface area contributed by atoms with Gasteiger partial charge in [-0.3, -0.25) is 14.5 Å². The Bertz CT molecular complexity index is 1230. The second-order valence-electron chi connectivity index (χ2n) is 8.65. The second-order valence-corrected chi connectivity index (χ2v) is 8.65. The fourth-order valence-corrected chi connectivity index (χ4v) is 4.30. The third-order valence-corrected chi connectivity index (χ3v) is 6.21. The first kappa shape index (κ1) is 26.0. The summed E-state index contributed by atoms with van der Waals surface area (Å²) in [5, 5.41) is 2.81. The normalized spacial score (nSPS) is 18.4. The quantitative estimate of drug-likeness (QED) is 0.411. The highest BCUT2D eigenvalue weighted by molar-refractivity contribution is 6.23. The molecule has 0 bridgehead atoms. The number of methoxy groups -OCH3 is 2. The Labute approximate surface area is 215 Å². The van der Waals surface area contributed by atoms with Gasteiger partial charge >= 0.3 is 5.97 Å². The predicted octanol–water partition coefficient (Wildman–Crippen LogP) is 3.25. The molecule has 9 heteroatoms. The Morgan fingerprint density at radius 1 is 1.14 bits per heavy atom. The molecular weight excluding hydrogens is 476 g/mol. The van der Waals surface area contributed by atoms with Crippen molar-refractivity contribution >= 4 is 29.5 Å². The van der Waals surface area contributed by atoms with Crippen LogP contribution in [0.15, 0.2) is 65.4 Å². The van der Waals surface area contributed by atoms with Gasteiger partial charge in [0.2, 0.25) is 0 Å². The zero-order valence-electron chi connectivity index (χ0n) is 21.1. The maximum atomic E-state index is 13.4. The summed E-state index contributed by atoms with van der Waals surface area (Å²) in [5.74, 6) is -0.0820. The minimum absolute atomic E-state index is 0.0713. The molecule has 2 amide bonds. The minimum atomic E-state index is -0.600. The van der Waals surface area contributed by atoms with Gasteiger partial charge in [-0.05, 0) is 55.7 Å². The second kappa shape index (κ2) is 11.7. The van der Waals surface area contributed by atoms with Gasteiger partial charge in [0.15, 0.2) is 6.61 Å². The van der Waals surface area contributed by atoms with Crippen molar-refractivity contribution in [2.24, 2.45) is 0 Å². The molecule has 194 valence electrons. The summed E-state index contributed by atoms with van der Waals surface area (Å²) in [6.45, 7) is 2.80. The van der Waals surface area contributed by atoms with Gasteiger partial charge in [-0.15, -0.1) is 0 Å². The molecule has 4 rings (SSSR count). The molecule has 0 radical (unpaired) electrons. The van der Waals surface area contributed by atoms with Crippen molar-refractivity contribution in [3.8, 4) is 11.5 Å². The van der Waals surface area contributed by atoms with Gasteiger partial charge in [-0.25, -0.2) is 4.79 Å². The van der Waals surface area contributed by atoms with Crippen LogP contribution in [-0.4, -0.2) is 57.9 Å². The molecule has 2 aliphatic heterocycles. The molecule has 1 saturated heterocycles. The lowest BCUT2D eigenvalue weighted by atomic mass is 10.0. The highest BCUT2D eigenvalue weighted by Crippen LogP contribution is 2.36. The van der Waals surface area contributed by atoms with Crippen molar-refractivity contribution in [1.29, 1.82) is 0 Å². The van der Waals surface area contributed by atoms with E-state index in [9.17, 15) is 14.4 Å². The van der Waals surface area contributed by atoms with Crippen LogP contribution in [0.4, 0.5) is 5.69 Å². The molecule has 37 heavy (non-hydrogen) atoms. The molecule has 1 N–H and O–H groups in total. The molecule has 0 aliphatic carbocycles. The van der Waals surface area contributed by atoms with Gasteiger partial charge in [0.1, 0.15) is 11.5 Å². The maximum Gasteiger partial charge on any atom is 0.340 e. The van der Waals surface area contributed by atoms with Crippen LogP contribution in [0.5, 0.6) is 11.5 Å². The van der Waals surface area contributed by atoms with E-state index in [4.69, 9.17) is 18.9 Å². The van der Waals surface area contributed by atoms with E-state index in [2.05, 4.69) is 5.32 Å². The first-order valence-electron chi connectivity index (χ1n) is 12.0. The zero-order valence-corrected chi connectivity index (χ0v) is 21.1. The summed E-state index contributed by atoms with van der Waals surface area (Å²) in [7, 11) is 2.83. The Hall–Kier alpha value is -4.11. The van der Waals surface area contributed by atoms with Crippen LogP contribution >= 0.6 is 0 Å². The van der Waals surface area contributed by atoms with E-state index in [0.717, 1.165) is 19.4 Å². The number of anilines is 1. The number of benzene rings is 2. The Balaban J connectivity index is 1.48. The van der Waals surface area contributed by atoms with Gasteiger partial charge in [-0.1, -0.05) is 18.2 Å². The number of rotatable bonds is 9. The smallest absolute Gasteiger partial charge is 0.340 e. The lowest BCUT2D eigenvalue weighted by molar-refractivity contribution is -0.136. The third kappa shape index (κ3) is 6.00. The van der Waals surface area contributed by atoms with Crippen molar-refractivity contribution in [3.63, 3.8) is 0 Å². The Morgan fingerprint density at radius 3 is 2.59 bits per heavy atom. The monoisotopic (exact) mass is 506 g/mol. The molecule has 2 aromatic carbocycles. The number of esters is 1. The predicted molar refractivity (Wildman–Crippen MR) is 137 cm³/mol. The highest BCUT2D eigenvalue weighted by atomic mass is 16.5. The molecule has 1 atom stereocenters. The summed E-state index contributed by atoms with van der Waals surface area (Å²) in [6.07, 6.45) is 3.67. The zero-order chi connectivity index (χ0) is 26.4. The summed E-state index contributed by atoms with van der Waals surface area (Å²) in [4.78, 5) is 39.6. The van der Waals surface area contributed by atoms with Crippen molar-refractivity contribution in [3.05, 3.63) is 70.9 Å². The van der Waals surface area contributed by atoms with Crippen molar-refractivity contribution in [1.82, 2.24) is 5.32 Å². The van der Waals surface area contributed by atoms with E-state index in [-0.39, 0.29) is 35.7 Å². The van der Waals surface area contributed by atoms with E-state index >= 15 is 0 Å². The largest absolute Gasteiger partial charge is 0.497 e. The number of carbonyl (C=O) groups is 3. The molecule has 0 spiro atoms. The van der Waals surface area contributed by atoms with E-state index in [1.807, 2.05) is 0 Å². The standard InChI is InChI=1S/C28H30N2O7/c1-18-26(28(33)35-3)24(27(32)30(18)20-6-4-7-22(15-20)34-2)14-19-9-11-21(12-10-19)37-17-25(31)29-16-23-8-5-13-36-23/h4,6-7,9-12,14-15,23H,5,8,13,16-17H2,1-3H3,(H,29,31)/b24-14-/t23-/m1/s1. The van der Waals surface area contributed by atoms with E-state index in [0.29, 0.717) is 35.0 Å². The summed E-state index contributed by atoms with van der Waals surface area (Å²) >= 11 is 0. The lowest BCUT2D eigenvalue weighted by Crippen LogP contribution is -2.35. The fourth-order valence-electron chi connectivity index (χ4n) is 4.30. The molecule has 2 heterocycles. The van der Waals surface area contributed by atoms with Crippen molar-refractivity contribution < 1.29 is 33.3 Å². The number of carbonyl (C=O) groups excluding carboxylic acids is 3.